The van der Waals surface area contributed by atoms with Gasteiger partial charge in [0.1, 0.15) is 0 Å². The van der Waals surface area contributed by atoms with E-state index in [-0.39, 0.29) is 5.60 Å². The summed E-state index contributed by atoms with van der Waals surface area (Å²) in [6, 6.07) is 4.66. The van der Waals surface area contributed by atoms with Gasteiger partial charge in [0.15, 0.2) is 0 Å². The van der Waals surface area contributed by atoms with Gasteiger partial charge in [-0.2, -0.15) is 0 Å². The molecule has 3 heteroatoms. The van der Waals surface area contributed by atoms with E-state index < -0.39 is 0 Å². The molecule has 0 spiro atoms. The number of nitrogens with one attached hydrogen (secondary N) is 1. The summed E-state index contributed by atoms with van der Waals surface area (Å²) >= 11 is 0. The third-order valence-corrected chi connectivity index (χ3v) is 5.81. The van der Waals surface area contributed by atoms with Gasteiger partial charge in [-0.1, -0.05) is 13.0 Å². The average molecular weight is 288 g/mol. The maximum atomic E-state index is 6.12. The topological polar surface area (TPSA) is 34.2 Å². The van der Waals surface area contributed by atoms with Gasteiger partial charge in [0.05, 0.1) is 5.60 Å². The van der Waals surface area contributed by atoms with E-state index in [1.165, 1.54) is 30.5 Å². The Morgan fingerprint density at radius 2 is 2.10 bits per heavy atom. The molecule has 21 heavy (non-hydrogen) atoms. The molecule has 1 aromatic rings. The molecule has 0 amide bonds. The van der Waals surface area contributed by atoms with E-state index in [1.807, 2.05) is 13.3 Å². The summed E-state index contributed by atoms with van der Waals surface area (Å²) in [5.41, 5.74) is 2.70. The summed E-state index contributed by atoms with van der Waals surface area (Å²) in [6.45, 7) is 2.36. The van der Waals surface area contributed by atoms with Crippen LogP contribution in [0.25, 0.3) is 0 Å². The van der Waals surface area contributed by atoms with Crippen molar-refractivity contribution in [3.63, 3.8) is 0 Å². The van der Waals surface area contributed by atoms with Crippen molar-refractivity contribution < 1.29 is 4.74 Å². The highest BCUT2D eigenvalue weighted by molar-refractivity contribution is 5.31. The number of aromatic nitrogens is 1. The maximum Gasteiger partial charge on any atom is 0.0837 e. The summed E-state index contributed by atoms with van der Waals surface area (Å²) in [7, 11) is 3.99. The van der Waals surface area contributed by atoms with E-state index in [0.29, 0.717) is 12.0 Å². The molecule has 0 radical (unpaired) electrons. The van der Waals surface area contributed by atoms with Crippen LogP contribution in [0.4, 0.5) is 0 Å². The van der Waals surface area contributed by atoms with Crippen molar-refractivity contribution in [2.75, 3.05) is 14.2 Å². The largest absolute Gasteiger partial charge is 0.377 e. The molecule has 1 N–H and O–H groups in total. The van der Waals surface area contributed by atoms with Crippen LogP contribution in [0.5, 0.6) is 0 Å². The molecule has 1 aromatic heterocycles. The van der Waals surface area contributed by atoms with Crippen LogP contribution in [-0.2, 0) is 11.2 Å². The van der Waals surface area contributed by atoms with Crippen LogP contribution in [0.2, 0.25) is 0 Å². The van der Waals surface area contributed by atoms with Crippen molar-refractivity contribution in [1.82, 2.24) is 10.3 Å². The highest BCUT2D eigenvalue weighted by atomic mass is 16.5. The number of hydrogen-bond acceptors (Lipinski definition) is 3. The quantitative estimate of drug-likeness (QED) is 0.923. The molecule has 0 saturated heterocycles. The van der Waals surface area contributed by atoms with Gasteiger partial charge in [-0.25, -0.2) is 0 Å². The lowest BCUT2D eigenvalue weighted by atomic mass is 9.71. The van der Waals surface area contributed by atoms with Gasteiger partial charge in [-0.15, -0.1) is 0 Å². The fourth-order valence-electron chi connectivity index (χ4n) is 4.49. The molecule has 0 bridgehead atoms. The van der Waals surface area contributed by atoms with E-state index in [4.69, 9.17) is 4.74 Å². The summed E-state index contributed by atoms with van der Waals surface area (Å²) in [5.74, 6) is 1.32. The van der Waals surface area contributed by atoms with Crippen molar-refractivity contribution in [1.29, 1.82) is 0 Å². The maximum absolute atomic E-state index is 6.12. The molecule has 2 aliphatic carbocycles. The minimum atomic E-state index is -0.0228. The number of rotatable bonds is 4. The zero-order chi connectivity index (χ0) is 14.9. The molecular weight excluding hydrogens is 260 g/mol. The molecule has 116 valence electrons. The van der Waals surface area contributed by atoms with Crippen molar-refractivity contribution in [2.24, 2.45) is 5.92 Å². The fraction of sp³-hybridized carbons (Fsp3) is 0.722. The lowest BCUT2D eigenvalue weighted by molar-refractivity contribution is -0.0794. The van der Waals surface area contributed by atoms with Gasteiger partial charge in [0.25, 0.3) is 0 Å². The number of nitrogens with zero attached hydrogens (tertiary/aromatic N) is 1. The first-order valence-electron chi connectivity index (χ1n) is 8.36. The van der Waals surface area contributed by atoms with Gasteiger partial charge < -0.3 is 10.1 Å². The number of fused-ring (bicyclic) bond motifs is 1. The lowest BCUT2D eigenvalue weighted by Crippen LogP contribution is -2.55. The van der Waals surface area contributed by atoms with Crippen molar-refractivity contribution >= 4 is 0 Å². The predicted molar refractivity (Wildman–Crippen MR) is 85.5 cm³/mol. The fourth-order valence-corrected chi connectivity index (χ4v) is 4.49. The van der Waals surface area contributed by atoms with Crippen molar-refractivity contribution in [2.45, 2.75) is 63.0 Å². The Morgan fingerprint density at radius 1 is 1.33 bits per heavy atom. The normalized spacial score (nSPS) is 33.7. The molecule has 2 atom stereocenters. The van der Waals surface area contributed by atoms with Crippen LogP contribution in [-0.4, -0.2) is 30.8 Å². The third-order valence-electron chi connectivity index (χ3n) is 5.81. The molecule has 2 unspecified atom stereocenters. The van der Waals surface area contributed by atoms with Crippen molar-refractivity contribution in [3.05, 3.63) is 29.6 Å². The molecular formula is C18H28N2O. The smallest absolute Gasteiger partial charge is 0.0837 e. The van der Waals surface area contributed by atoms with Gasteiger partial charge in [-0.05, 0) is 63.1 Å². The molecule has 1 fully saturated rings. The Kier molecular flexibility index (Phi) is 4.32. The van der Waals surface area contributed by atoms with Crippen LogP contribution in [0.1, 0.15) is 56.2 Å². The first kappa shape index (κ1) is 15.0. The predicted octanol–water partition coefficient (Wildman–Crippen LogP) is 3.29. The monoisotopic (exact) mass is 288 g/mol. The highest BCUT2D eigenvalue weighted by Crippen LogP contribution is 2.44. The third kappa shape index (κ3) is 2.62. The van der Waals surface area contributed by atoms with E-state index in [0.717, 1.165) is 25.2 Å². The second kappa shape index (κ2) is 6.05. The van der Waals surface area contributed by atoms with Gasteiger partial charge >= 0.3 is 0 Å². The first-order valence-corrected chi connectivity index (χ1v) is 8.36. The summed E-state index contributed by atoms with van der Waals surface area (Å²) < 4.78 is 6.12. The second-order valence-electron chi connectivity index (χ2n) is 6.91. The number of aryl methyl sites for hydroxylation is 1. The zero-order valence-electron chi connectivity index (χ0n) is 13.6. The van der Waals surface area contributed by atoms with Crippen LogP contribution in [0, 0.1) is 5.92 Å². The van der Waals surface area contributed by atoms with Crippen LogP contribution >= 0.6 is 0 Å². The SMILES string of the molecule is CNC(C1CCc2cccnc21)C1(OC)CCC(C)CC1. The molecule has 0 aromatic carbocycles. The van der Waals surface area contributed by atoms with E-state index in [2.05, 4.69) is 36.4 Å². The van der Waals surface area contributed by atoms with Crippen molar-refractivity contribution in [3.8, 4) is 0 Å². The standard InChI is InChI=1S/C18H28N2O/c1-13-8-10-18(21-3,11-9-13)17(19-2)15-7-6-14-5-4-12-20-16(14)15/h4-5,12-13,15,17,19H,6-11H2,1-3H3. The molecule has 1 saturated carbocycles. The minimum Gasteiger partial charge on any atom is -0.377 e. The lowest BCUT2D eigenvalue weighted by Gasteiger charge is -2.46. The zero-order valence-corrected chi connectivity index (χ0v) is 13.6. The van der Waals surface area contributed by atoms with Crippen LogP contribution < -0.4 is 5.32 Å². The Hall–Kier alpha value is -0.930. The molecule has 2 aliphatic rings. The molecule has 3 rings (SSSR count). The Balaban J connectivity index is 1.88. The number of likely N-dealkylation sites (N-methyl/N-ethyl adjacent to an activating group) is 1. The average Bonchev–Trinajstić information content (AvgIpc) is 2.94. The van der Waals surface area contributed by atoms with Gasteiger partial charge in [0, 0.05) is 31.0 Å². The first-order chi connectivity index (χ1) is 10.2. The summed E-state index contributed by atoms with van der Waals surface area (Å²) in [4.78, 5) is 4.69. The second-order valence-corrected chi connectivity index (χ2v) is 6.91. The Morgan fingerprint density at radius 3 is 2.76 bits per heavy atom. The highest BCUT2D eigenvalue weighted by Gasteiger charge is 2.46. The van der Waals surface area contributed by atoms with E-state index in [1.54, 1.807) is 0 Å². The molecule has 0 aliphatic heterocycles. The van der Waals surface area contributed by atoms with Crippen LogP contribution in [0.15, 0.2) is 18.3 Å². The summed E-state index contributed by atoms with van der Waals surface area (Å²) in [6.07, 6.45) is 9.15. The Labute approximate surface area is 128 Å². The summed E-state index contributed by atoms with van der Waals surface area (Å²) in [5, 5.41) is 3.60. The number of methoxy groups -OCH3 is 1. The number of hydrogen-bond donors (Lipinski definition) is 1. The van der Waals surface area contributed by atoms with E-state index >= 15 is 0 Å². The molecule has 1 heterocycles. The minimum absolute atomic E-state index is 0.0228. The van der Waals surface area contributed by atoms with Gasteiger partial charge in [-0.3, -0.25) is 4.98 Å². The number of ether oxygens (including phenoxy) is 1. The molecule has 3 nitrogen and oxygen atoms in total. The Bertz CT molecular complexity index is 480. The van der Waals surface area contributed by atoms with Gasteiger partial charge in [0.2, 0.25) is 0 Å². The number of pyridine rings is 1. The van der Waals surface area contributed by atoms with E-state index in [9.17, 15) is 0 Å². The van der Waals surface area contributed by atoms with Crippen LogP contribution in [0.3, 0.4) is 0 Å².